The molecule has 3 heterocycles. The molecule has 1 aromatic carbocycles. The molecule has 0 aromatic heterocycles. The minimum absolute atomic E-state index is 0.0553. The molecule has 8 nitrogen and oxygen atoms in total. The molecule has 0 radical (unpaired) electrons. The number of hydrogen-bond acceptors (Lipinski definition) is 7. The lowest BCUT2D eigenvalue weighted by atomic mass is 9.66. The Morgan fingerprint density at radius 2 is 1.90 bits per heavy atom. The highest BCUT2D eigenvalue weighted by molar-refractivity contribution is 8.02. The summed E-state index contributed by atoms with van der Waals surface area (Å²) in [6, 6.07) is 6.59. The van der Waals surface area contributed by atoms with Gasteiger partial charge in [-0.25, -0.2) is 0 Å². The standard InChI is InChI=1S/C32H44N2O6S/c1-5-7-8-12-20-40-31(38)26-25-21-22(3)32(41-25)27(26)29(36)34(18-10-9-11-19-35)28(32)30(37)33(17-6-2)23-13-15-24(39-4)16-14-23/h5-6,13-16,22,25-28,35H,1-2,7-12,17-21H2,3-4H3/t22?,25-,26+,27+,28?,32?/m1/s1. The summed E-state index contributed by atoms with van der Waals surface area (Å²) < 4.78 is 10.3. The highest BCUT2D eigenvalue weighted by atomic mass is 32.2. The number of ether oxygens (including phenoxy) is 2. The molecule has 41 heavy (non-hydrogen) atoms. The summed E-state index contributed by atoms with van der Waals surface area (Å²) in [7, 11) is 1.59. The first-order valence-corrected chi connectivity index (χ1v) is 15.7. The van der Waals surface area contributed by atoms with E-state index in [0.717, 1.165) is 32.1 Å². The van der Waals surface area contributed by atoms with E-state index in [1.807, 2.05) is 30.3 Å². The Morgan fingerprint density at radius 1 is 1.15 bits per heavy atom. The predicted octanol–water partition coefficient (Wildman–Crippen LogP) is 4.61. The fourth-order valence-corrected chi connectivity index (χ4v) is 9.30. The zero-order valence-corrected chi connectivity index (χ0v) is 25.2. The second-order valence-electron chi connectivity index (χ2n) is 11.3. The molecule has 0 saturated carbocycles. The van der Waals surface area contributed by atoms with Crippen LogP contribution in [0.5, 0.6) is 5.75 Å². The van der Waals surface area contributed by atoms with E-state index in [1.54, 1.807) is 34.7 Å². The van der Waals surface area contributed by atoms with Crippen LogP contribution in [0.3, 0.4) is 0 Å². The highest BCUT2D eigenvalue weighted by Crippen LogP contribution is 2.68. The first kappa shape index (κ1) is 31.2. The number of allylic oxidation sites excluding steroid dienone is 1. The molecule has 3 saturated heterocycles. The normalized spacial score (nSPS) is 27.9. The lowest BCUT2D eigenvalue weighted by Crippen LogP contribution is -2.57. The number of aliphatic hydroxyl groups is 1. The number of nitrogens with zero attached hydrogens (tertiary/aromatic N) is 2. The number of fused-ring (bicyclic) bond motifs is 1. The van der Waals surface area contributed by atoms with Crippen molar-refractivity contribution in [3.8, 4) is 5.75 Å². The van der Waals surface area contributed by atoms with Crippen LogP contribution in [0.4, 0.5) is 5.69 Å². The van der Waals surface area contributed by atoms with Gasteiger partial charge in [0, 0.05) is 30.6 Å². The van der Waals surface area contributed by atoms with Crippen LogP contribution in [0, 0.1) is 17.8 Å². The van der Waals surface area contributed by atoms with Crippen molar-refractivity contribution in [2.24, 2.45) is 17.8 Å². The van der Waals surface area contributed by atoms with Gasteiger partial charge in [-0.2, -0.15) is 0 Å². The number of methoxy groups -OCH3 is 1. The van der Waals surface area contributed by atoms with Crippen molar-refractivity contribution in [1.29, 1.82) is 0 Å². The van der Waals surface area contributed by atoms with Crippen LogP contribution < -0.4 is 9.64 Å². The number of carbonyl (C=O) groups is 3. The first-order valence-electron chi connectivity index (χ1n) is 14.8. The average Bonchev–Trinajstić information content (AvgIpc) is 3.57. The van der Waals surface area contributed by atoms with Crippen molar-refractivity contribution in [2.75, 3.05) is 38.3 Å². The van der Waals surface area contributed by atoms with Gasteiger partial charge in [-0.15, -0.1) is 24.9 Å². The summed E-state index contributed by atoms with van der Waals surface area (Å²) in [6.07, 6.45) is 8.86. The molecule has 3 fully saturated rings. The number of thioether (sulfide) groups is 1. The summed E-state index contributed by atoms with van der Waals surface area (Å²) in [5.41, 5.74) is 0.698. The van der Waals surface area contributed by atoms with Crippen LogP contribution in [0.1, 0.15) is 51.9 Å². The molecule has 1 spiro atoms. The van der Waals surface area contributed by atoms with E-state index in [9.17, 15) is 19.5 Å². The van der Waals surface area contributed by atoms with Gasteiger partial charge in [0.1, 0.15) is 11.8 Å². The molecule has 1 aromatic rings. The van der Waals surface area contributed by atoms with Gasteiger partial charge >= 0.3 is 5.97 Å². The zero-order chi connectivity index (χ0) is 29.6. The summed E-state index contributed by atoms with van der Waals surface area (Å²) in [5, 5.41) is 9.24. The zero-order valence-electron chi connectivity index (χ0n) is 24.3. The number of aliphatic hydroxyl groups excluding tert-OH is 1. The third-order valence-corrected chi connectivity index (χ3v) is 10.9. The number of benzene rings is 1. The smallest absolute Gasteiger partial charge is 0.310 e. The summed E-state index contributed by atoms with van der Waals surface area (Å²) in [5.74, 6) is -1.02. The number of hydrogen-bond donors (Lipinski definition) is 1. The number of carbonyl (C=O) groups excluding carboxylic acids is 3. The Morgan fingerprint density at radius 3 is 2.56 bits per heavy atom. The Kier molecular flexibility index (Phi) is 10.6. The van der Waals surface area contributed by atoms with E-state index in [2.05, 4.69) is 20.1 Å². The van der Waals surface area contributed by atoms with Gasteiger partial charge < -0.3 is 24.4 Å². The number of unbranched alkanes of at least 4 members (excludes halogenated alkanes) is 4. The number of likely N-dealkylation sites (tertiary alicyclic amines) is 1. The van der Waals surface area contributed by atoms with E-state index in [4.69, 9.17) is 9.47 Å². The van der Waals surface area contributed by atoms with Gasteiger partial charge in [-0.1, -0.05) is 19.1 Å². The SMILES string of the molecule is C=CCCCCOC(=O)[C@@H]1[C@H]2C(=O)N(CCCCCO)C(C(=O)N(CC=C)c3ccc(OC)cc3)C23S[C@@H]1CC3C. The Bertz CT molecular complexity index is 1110. The van der Waals surface area contributed by atoms with Gasteiger partial charge in [0.15, 0.2) is 0 Å². The molecule has 3 unspecified atom stereocenters. The third-order valence-electron chi connectivity index (χ3n) is 8.82. The topological polar surface area (TPSA) is 96.4 Å². The highest BCUT2D eigenvalue weighted by Gasteiger charge is 2.76. The van der Waals surface area contributed by atoms with Crippen LogP contribution in [0.25, 0.3) is 0 Å². The number of amides is 2. The summed E-state index contributed by atoms with van der Waals surface area (Å²) in [4.78, 5) is 45.8. The molecule has 2 amide bonds. The van der Waals surface area contributed by atoms with Crippen molar-refractivity contribution in [3.05, 3.63) is 49.6 Å². The van der Waals surface area contributed by atoms with Crippen molar-refractivity contribution < 1.29 is 29.0 Å². The monoisotopic (exact) mass is 584 g/mol. The second-order valence-corrected chi connectivity index (χ2v) is 12.8. The number of esters is 1. The van der Waals surface area contributed by atoms with E-state index in [1.165, 1.54) is 0 Å². The van der Waals surface area contributed by atoms with Crippen LogP contribution in [0.2, 0.25) is 0 Å². The van der Waals surface area contributed by atoms with Crippen LogP contribution in [-0.2, 0) is 19.1 Å². The Labute approximate surface area is 248 Å². The molecular weight excluding hydrogens is 540 g/mol. The summed E-state index contributed by atoms with van der Waals surface area (Å²) >= 11 is 1.66. The maximum atomic E-state index is 14.6. The fourth-order valence-electron chi connectivity index (χ4n) is 6.90. The molecular formula is C32H44N2O6S. The fraction of sp³-hybridized carbons (Fsp3) is 0.594. The molecule has 6 atom stereocenters. The molecule has 0 aliphatic carbocycles. The molecule has 224 valence electrons. The Hall–Kier alpha value is -2.78. The molecule has 4 rings (SSSR count). The second kappa shape index (κ2) is 13.9. The maximum absolute atomic E-state index is 14.6. The minimum atomic E-state index is -0.716. The van der Waals surface area contributed by atoms with Gasteiger partial charge in [-0.05, 0) is 75.1 Å². The maximum Gasteiger partial charge on any atom is 0.310 e. The predicted molar refractivity (Wildman–Crippen MR) is 162 cm³/mol. The number of anilines is 1. The van der Waals surface area contributed by atoms with Gasteiger partial charge in [0.2, 0.25) is 5.91 Å². The van der Waals surface area contributed by atoms with Crippen molar-refractivity contribution in [2.45, 2.75) is 67.9 Å². The van der Waals surface area contributed by atoms with Crippen LogP contribution in [-0.4, -0.2) is 77.2 Å². The van der Waals surface area contributed by atoms with Gasteiger partial charge in [0.05, 0.1) is 30.3 Å². The minimum Gasteiger partial charge on any atom is -0.497 e. The van der Waals surface area contributed by atoms with E-state index in [0.29, 0.717) is 37.4 Å². The largest absolute Gasteiger partial charge is 0.497 e. The molecule has 1 N–H and O–H groups in total. The van der Waals surface area contributed by atoms with Crippen LogP contribution in [0.15, 0.2) is 49.6 Å². The average molecular weight is 585 g/mol. The molecule has 3 aliphatic heterocycles. The molecule has 2 bridgehead atoms. The lowest BCUT2D eigenvalue weighted by molar-refractivity contribution is -0.154. The van der Waals surface area contributed by atoms with E-state index in [-0.39, 0.29) is 42.1 Å². The molecule has 3 aliphatic rings. The van der Waals surface area contributed by atoms with Gasteiger partial charge in [-0.3, -0.25) is 14.4 Å². The lowest BCUT2D eigenvalue weighted by Gasteiger charge is -2.40. The third kappa shape index (κ3) is 5.93. The van der Waals surface area contributed by atoms with Gasteiger partial charge in [0.25, 0.3) is 5.91 Å². The number of rotatable bonds is 16. The van der Waals surface area contributed by atoms with Crippen LogP contribution >= 0.6 is 11.8 Å². The van der Waals surface area contributed by atoms with E-state index < -0.39 is 22.6 Å². The van der Waals surface area contributed by atoms with Crippen molar-refractivity contribution >= 4 is 35.2 Å². The Balaban J connectivity index is 1.67. The molecule has 9 heteroatoms. The van der Waals surface area contributed by atoms with Crippen molar-refractivity contribution in [3.63, 3.8) is 0 Å². The summed E-state index contributed by atoms with van der Waals surface area (Å²) in [6.45, 7) is 10.8. The quantitative estimate of drug-likeness (QED) is 0.172. The van der Waals surface area contributed by atoms with E-state index >= 15 is 0 Å². The van der Waals surface area contributed by atoms with Crippen molar-refractivity contribution in [1.82, 2.24) is 4.90 Å². The first-order chi connectivity index (χ1) is 19.8.